The van der Waals surface area contributed by atoms with Gasteiger partial charge in [0.05, 0.1) is 5.75 Å². The topological polar surface area (TPSA) is 69.4 Å². The average molecular weight is 253 g/mol. The van der Waals surface area contributed by atoms with E-state index in [0.717, 1.165) is 11.3 Å². The number of esters is 1. The number of primary amides is 1. The Morgan fingerprint density at radius 2 is 1.94 bits per heavy atom. The second-order valence-electron chi connectivity index (χ2n) is 3.61. The summed E-state index contributed by atoms with van der Waals surface area (Å²) in [6, 6.07) is 8.11. The van der Waals surface area contributed by atoms with E-state index in [0.29, 0.717) is 0 Å². The molecule has 92 valence electrons. The fourth-order valence-corrected chi connectivity index (χ4v) is 1.91. The molecule has 0 aliphatic rings. The van der Waals surface area contributed by atoms with Gasteiger partial charge in [-0.15, -0.1) is 11.8 Å². The number of hydrogen-bond donors (Lipinski definition) is 1. The maximum absolute atomic E-state index is 11.1. The molecule has 4 nitrogen and oxygen atoms in total. The molecule has 1 aromatic carbocycles. The molecule has 1 amide bonds. The molecule has 0 fully saturated rings. The molecule has 0 atom stereocenters. The maximum Gasteiger partial charge on any atom is 0.316 e. The van der Waals surface area contributed by atoms with Crippen molar-refractivity contribution in [2.45, 2.75) is 12.7 Å². The van der Waals surface area contributed by atoms with Gasteiger partial charge in [0.15, 0.2) is 6.61 Å². The van der Waals surface area contributed by atoms with Gasteiger partial charge in [-0.05, 0) is 12.5 Å². The predicted molar refractivity (Wildman–Crippen MR) is 67.5 cm³/mol. The number of nitrogens with two attached hydrogens (primary N) is 1. The van der Waals surface area contributed by atoms with Gasteiger partial charge in [-0.2, -0.15) is 0 Å². The van der Waals surface area contributed by atoms with Gasteiger partial charge in [-0.25, -0.2) is 0 Å². The van der Waals surface area contributed by atoms with E-state index in [1.54, 1.807) is 0 Å². The first-order valence-electron chi connectivity index (χ1n) is 5.15. The summed E-state index contributed by atoms with van der Waals surface area (Å²) in [5.41, 5.74) is 7.22. The van der Waals surface area contributed by atoms with Crippen molar-refractivity contribution in [3.63, 3.8) is 0 Å². The molecule has 0 saturated heterocycles. The van der Waals surface area contributed by atoms with Crippen molar-refractivity contribution >= 4 is 23.6 Å². The number of hydrogen-bond acceptors (Lipinski definition) is 4. The quantitative estimate of drug-likeness (QED) is 0.775. The van der Waals surface area contributed by atoms with E-state index >= 15 is 0 Å². The highest BCUT2D eigenvalue weighted by Gasteiger charge is 2.05. The summed E-state index contributed by atoms with van der Waals surface area (Å²) in [5, 5.41) is 0. The van der Waals surface area contributed by atoms with Crippen LogP contribution in [0.2, 0.25) is 0 Å². The number of carbonyl (C=O) groups excluding carboxylic acids is 2. The monoisotopic (exact) mass is 253 g/mol. The van der Waals surface area contributed by atoms with E-state index in [9.17, 15) is 9.59 Å². The summed E-state index contributed by atoms with van der Waals surface area (Å²) in [5.74, 6) is -0.0876. The normalized spacial score (nSPS) is 9.94. The average Bonchev–Trinajstić information content (AvgIpc) is 2.29. The van der Waals surface area contributed by atoms with E-state index in [2.05, 4.69) is 4.74 Å². The zero-order valence-electron chi connectivity index (χ0n) is 9.64. The third-order valence-corrected chi connectivity index (χ3v) is 2.96. The Morgan fingerprint density at radius 3 is 2.53 bits per heavy atom. The van der Waals surface area contributed by atoms with E-state index in [1.165, 1.54) is 17.3 Å². The lowest BCUT2D eigenvalue weighted by Gasteiger charge is -2.03. The van der Waals surface area contributed by atoms with E-state index in [1.807, 2.05) is 31.2 Å². The van der Waals surface area contributed by atoms with Crippen molar-refractivity contribution in [3.05, 3.63) is 35.4 Å². The minimum Gasteiger partial charge on any atom is -0.455 e. The number of benzene rings is 1. The van der Waals surface area contributed by atoms with Crippen LogP contribution in [-0.4, -0.2) is 24.2 Å². The Morgan fingerprint density at radius 1 is 1.29 bits per heavy atom. The minimum atomic E-state index is -0.637. The Hall–Kier alpha value is -1.49. The van der Waals surface area contributed by atoms with Crippen molar-refractivity contribution in [2.24, 2.45) is 5.73 Å². The Labute approximate surface area is 105 Å². The van der Waals surface area contributed by atoms with Crippen molar-refractivity contribution in [3.8, 4) is 0 Å². The van der Waals surface area contributed by atoms with Crippen LogP contribution in [0.5, 0.6) is 0 Å². The van der Waals surface area contributed by atoms with Gasteiger partial charge in [-0.1, -0.05) is 29.8 Å². The summed E-state index contributed by atoms with van der Waals surface area (Å²) in [6.07, 6.45) is 0. The Kier molecular flexibility index (Phi) is 5.56. The lowest BCUT2D eigenvalue weighted by Crippen LogP contribution is -2.21. The third kappa shape index (κ3) is 5.97. The minimum absolute atomic E-state index is 0.223. The fraction of sp³-hybridized carbons (Fsp3) is 0.333. The number of ether oxygens (including phenoxy) is 1. The molecule has 17 heavy (non-hydrogen) atoms. The standard InChI is InChI=1S/C12H15NO3S/c1-9-2-4-10(5-3-9)7-17-8-12(15)16-6-11(13)14/h2-5H,6-8H2,1H3,(H2,13,14). The Balaban J connectivity index is 2.21. The number of rotatable bonds is 6. The van der Waals surface area contributed by atoms with Crippen LogP contribution in [0, 0.1) is 6.92 Å². The molecule has 0 radical (unpaired) electrons. The first kappa shape index (κ1) is 13.6. The number of thioether (sulfide) groups is 1. The van der Waals surface area contributed by atoms with Crippen LogP contribution >= 0.6 is 11.8 Å². The Bertz CT molecular complexity index is 389. The highest BCUT2D eigenvalue weighted by molar-refractivity contribution is 7.99. The number of aryl methyl sites for hydroxylation is 1. The van der Waals surface area contributed by atoms with Crippen LogP contribution in [0.4, 0.5) is 0 Å². The molecule has 1 rings (SSSR count). The van der Waals surface area contributed by atoms with Crippen LogP contribution < -0.4 is 5.73 Å². The summed E-state index contributed by atoms with van der Waals surface area (Å²) in [4.78, 5) is 21.5. The summed E-state index contributed by atoms with van der Waals surface area (Å²) >= 11 is 1.45. The van der Waals surface area contributed by atoms with Gasteiger partial charge >= 0.3 is 5.97 Å². The molecular formula is C12H15NO3S. The molecule has 0 aromatic heterocycles. The first-order chi connectivity index (χ1) is 8.08. The van der Waals surface area contributed by atoms with Gasteiger partial charge in [0.1, 0.15) is 0 Å². The molecule has 0 aliphatic heterocycles. The number of amides is 1. The van der Waals surface area contributed by atoms with E-state index < -0.39 is 11.9 Å². The second kappa shape index (κ2) is 6.96. The zero-order chi connectivity index (χ0) is 12.7. The highest BCUT2D eigenvalue weighted by atomic mass is 32.2. The maximum atomic E-state index is 11.1. The van der Waals surface area contributed by atoms with Crippen molar-refractivity contribution < 1.29 is 14.3 Å². The van der Waals surface area contributed by atoms with Gasteiger partial charge in [0.25, 0.3) is 5.91 Å². The summed E-state index contributed by atoms with van der Waals surface area (Å²) < 4.78 is 4.63. The molecule has 0 bridgehead atoms. The van der Waals surface area contributed by atoms with Gasteiger partial charge in [0, 0.05) is 5.75 Å². The smallest absolute Gasteiger partial charge is 0.316 e. The van der Waals surface area contributed by atoms with Crippen LogP contribution in [0.15, 0.2) is 24.3 Å². The van der Waals surface area contributed by atoms with Gasteiger partial charge in [-0.3, -0.25) is 9.59 Å². The van der Waals surface area contributed by atoms with Crippen molar-refractivity contribution in [2.75, 3.05) is 12.4 Å². The van der Waals surface area contributed by atoms with Crippen LogP contribution in [0.25, 0.3) is 0 Å². The molecule has 0 heterocycles. The molecule has 0 unspecified atom stereocenters. The second-order valence-corrected chi connectivity index (χ2v) is 4.59. The van der Waals surface area contributed by atoms with Crippen molar-refractivity contribution in [1.29, 1.82) is 0 Å². The molecule has 0 saturated carbocycles. The molecule has 1 aromatic rings. The molecule has 0 spiro atoms. The third-order valence-electron chi connectivity index (χ3n) is 1.98. The first-order valence-corrected chi connectivity index (χ1v) is 6.30. The lowest BCUT2D eigenvalue weighted by molar-refractivity contribution is -0.145. The zero-order valence-corrected chi connectivity index (χ0v) is 10.5. The fourth-order valence-electron chi connectivity index (χ4n) is 1.13. The van der Waals surface area contributed by atoms with Gasteiger partial charge in [0.2, 0.25) is 0 Å². The summed E-state index contributed by atoms with van der Waals surface area (Å²) in [7, 11) is 0. The van der Waals surface area contributed by atoms with Crippen LogP contribution in [-0.2, 0) is 20.1 Å². The highest BCUT2D eigenvalue weighted by Crippen LogP contribution is 2.12. The molecule has 5 heteroatoms. The van der Waals surface area contributed by atoms with Crippen molar-refractivity contribution in [1.82, 2.24) is 0 Å². The lowest BCUT2D eigenvalue weighted by atomic mass is 10.2. The van der Waals surface area contributed by atoms with E-state index in [4.69, 9.17) is 5.73 Å². The van der Waals surface area contributed by atoms with Gasteiger partial charge < -0.3 is 10.5 Å². The van der Waals surface area contributed by atoms with Crippen LogP contribution in [0.3, 0.4) is 0 Å². The molecule has 0 aliphatic carbocycles. The summed E-state index contributed by atoms with van der Waals surface area (Å²) in [6.45, 7) is 1.68. The van der Waals surface area contributed by atoms with Crippen LogP contribution in [0.1, 0.15) is 11.1 Å². The molecular weight excluding hydrogens is 238 g/mol. The largest absolute Gasteiger partial charge is 0.455 e. The van der Waals surface area contributed by atoms with E-state index in [-0.39, 0.29) is 12.4 Å². The number of carbonyl (C=O) groups is 2. The predicted octanol–water partition coefficient (Wildman–Crippen LogP) is 1.26. The SMILES string of the molecule is Cc1ccc(CSCC(=O)OCC(N)=O)cc1. The molecule has 2 N–H and O–H groups in total.